The number of nitrogens with zero attached hydrogens (tertiary/aromatic N) is 3. The van der Waals surface area contributed by atoms with Crippen LogP contribution in [0.5, 0.6) is 0 Å². The molecule has 2 aliphatic heterocycles. The Morgan fingerprint density at radius 2 is 2.00 bits per heavy atom. The molecule has 4 rings (SSSR count). The number of amidine groups is 1. The van der Waals surface area contributed by atoms with E-state index in [4.69, 9.17) is 10.2 Å². The van der Waals surface area contributed by atoms with E-state index in [0.717, 1.165) is 11.0 Å². The number of guanidine groups is 1. The van der Waals surface area contributed by atoms with Crippen molar-refractivity contribution < 1.29 is 9.21 Å². The molecule has 2 aliphatic rings. The lowest BCUT2D eigenvalue weighted by Crippen LogP contribution is -2.22. The van der Waals surface area contributed by atoms with E-state index < -0.39 is 5.91 Å². The number of allylic oxidation sites excluding steroid dienone is 1. The molecule has 96 valence electrons. The molecular weight excluding hydrogens is 256 g/mol. The van der Waals surface area contributed by atoms with Crippen LogP contribution in [-0.4, -0.2) is 23.9 Å². The number of furan rings is 1. The van der Waals surface area contributed by atoms with E-state index in [9.17, 15) is 4.79 Å². The van der Waals surface area contributed by atoms with Crippen LogP contribution in [-0.2, 0) is 4.79 Å². The fourth-order valence-corrected chi connectivity index (χ4v) is 2.27. The van der Waals surface area contributed by atoms with Gasteiger partial charge in [-0.3, -0.25) is 4.79 Å². The van der Waals surface area contributed by atoms with Crippen LogP contribution >= 0.6 is 0 Å². The second-order valence-electron chi connectivity index (χ2n) is 4.41. The number of para-hydroxylation sites is 1. The second-order valence-corrected chi connectivity index (χ2v) is 4.41. The van der Waals surface area contributed by atoms with Gasteiger partial charge >= 0.3 is 0 Å². The van der Waals surface area contributed by atoms with Crippen LogP contribution in [0.3, 0.4) is 0 Å². The van der Waals surface area contributed by atoms with Crippen molar-refractivity contribution in [3.8, 4) is 0 Å². The highest BCUT2D eigenvalue weighted by Gasteiger charge is 2.30. The predicted octanol–water partition coefficient (Wildman–Crippen LogP) is 1.52. The molecule has 0 atom stereocenters. The maximum atomic E-state index is 12.0. The van der Waals surface area contributed by atoms with E-state index in [0.29, 0.717) is 16.9 Å². The lowest BCUT2D eigenvalue weighted by molar-refractivity contribution is -0.113. The zero-order valence-electron chi connectivity index (χ0n) is 10.2. The normalized spacial score (nSPS) is 17.5. The molecule has 0 saturated carbocycles. The fraction of sp³-hybridized carbons (Fsp3) is 0. The number of amides is 1. The Morgan fingerprint density at radius 1 is 1.15 bits per heavy atom. The molecule has 2 aromatic rings. The molecule has 1 aromatic carbocycles. The predicted molar refractivity (Wildman–Crippen MR) is 75.7 cm³/mol. The first kappa shape index (κ1) is 10.9. The van der Waals surface area contributed by atoms with E-state index in [-0.39, 0.29) is 11.8 Å². The monoisotopic (exact) mass is 264 g/mol. The Balaban J connectivity index is 1.93. The fourth-order valence-electron chi connectivity index (χ4n) is 2.27. The summed E-state index contributed by atoms with van der Waals surface area (Å²) in [6.45, 7) is 0. The molecule has 3 heterocycles. The van der Waals surface area contributed by atoms with E-state index in [2.05, 4.69) is 15.0 Å². The summed E-state index contributed by atoms with van der Waals surface area (Å²) >= 11 is 0. The number of hydrogen-bond acceptors (Lipinski definition) is 5. The topological polar surface area (TPSA) is 93.3 Å². The summed E-state index contributed by atoms with van der Waals surface area (Å²) in [7, 11) is 0. The molecular formula is C14H8N4O2. The number of fused-ring (bicyclic) bond motifs is 2. The summed E-state index contributed by atoms with van der Waals surface area (Å²) in [5.41, 5.74) is 7.12. The Bertz CT molecular complexity index is 850. The molecule has 0 spiro atoms. The quantitative estimate of drug-likeness (QED) is 0.846. The van der Waals surface area contributed by atoms with Crippen molar-refractivity contribution in [2.45, 2.75) is 0 Å². The SMILES string of the molecule is NC1=NC(=O)C2=C(c3cc4ccccc4o3)C=NC2=N1. The zero-order chi connectivity index (χ0) is 13.7. The van der Waals surface area contributed by atoms with Crippen LogP contribution in [0.1, 0.15) is 5.76 Å². The summed E-state index contributed by atoms with van der Waals surface area (Å²) in [5, 5.41) is 0.959. The van der Waals surface area contributed by atoms with Crippen molar-refractivity contribution in [2.24, 2.45) is 20.7 Å². The summed E-state index contributed by atoms with van der Waals surface area (Å²) in [4.78, 5) is 23.6. The van der Waals surface area contributed by atoms with E-state index in [1.54, 1.807) is 6.21 Å². The maximum Gasteiger partial charge on any atom is 0.284 e. The van der Waals surface area contributed by atoms with Gasteiger partial charge in [-0.1, -0.05) is 18.2 Å². The van der Waals surface area contributed by atoms with Gasteiger partial charge in [0.05, 0.1) is 11.1 Å². The van der Waals surface area contributed by atoms with Gasteiger partial charge in [-0.25, -0.2) is 4.99 Å². The highest BCUT2D eigenvalue weighted by atomic mass is 16.3. The highest BCUT2D eigenvalue weighted by molar-refractivity contribution is 6.42. The zero-order valence-corrected chi connectivity index (χ0v) is 10.2. The van der Waals surface area contributed by atoms with E-state index in [1.807, 2.05) is 30.3 Å². The van der Waals surface area contributed by atoms with Crippen LogP contribution < -0.4 is 5.73 Å². The van der Waals surface area contributed by atoms with Crippen LogP contribution in [0.15, 0.2) is 55.3 Å². The van der Waals surface area contributed by atoms with Crippen molar-refractivity contribution in [1.82, 2.24) is 0 Å². The standard InChI is InChI=1S/C14H8N4O2/c15-14-17-12-11(13(19)18-14)8(6-16-12)10-5-7-3-1-2-4-9(7)20-10/h1-6H,(H2,15,18,19). The lowest BCUT2D eigenvalue weighted by atomic mass is 10.1. The van der Waals surface area contributed by atoms with Gasteiger partial charge in [0.15, 0.2) is 5.84 Å². The molecule has 0 bridgehead atoms. The number of carbonyl (C=O) groups excluding carboxylic acids is 1. The van der Waals surface area contributed by atoms with Crippen LogP contribution in [0, 0.1) is 0 Å². The molecule has 6 heteroatoms. The average molecular weight is 264 g/mol. The smallest absolute Gasteiger partial charge is 0.284 e. The van der Waals surface area contributed by atoms with Gasteiger partial charge in [-0.15, -0.1) is 0 Å². The van der Waals surface area contributed by atoms with E-state index in [1.165, 1.54) is 0 Å². The molecule has 2 N–H and O–H groups in total. The minimum absolute atomic E-state index is 0.0724. The van der Waals surface area contributed by atoms with Gasteiger partial charge < -0.3 is 10.2 Å². The highest BCUT2D eigenvalue weighted by Crippen LogP contribution is 2.30. The van der Waals surface area contributed by atoms with Crippen molar-refractivity contribution in [3.05, 3.63) is 41.7 Å². The van der Waals surface area contributed by atoms with Gasteiger partial charge in [0.25, 0.3) is 5.91 Å². The number of nitrogens with two attached hydrogens (primary N) is 1. The lowest BCUT2D eigenvalue weighted by Gasteiger charge is -2.05. The molecule has 0 fully saturated rings. The van der Waals surface area contributed by atoms with Gasteiger partial charge in [-0.2, -0.15) is 9.98 Å². The number of carbonyl (C=O) groups is 1. The minimum Gasteiger partial charge on any atom is -0.456 e. The summed E-state index contributed by atoms with van der Waals surface area (Å²) in [6.07, 6.45) is 1.55. The molecule has 0 saturated heterocycles. The van der Waals surface area contributed by atoms with Gasteiger partial charge in [0.1, 0.15) is 11.3 Å². The summed E-state index contributed by atoms with van der Waals surface area (Å²) in [5.74, 6) is 0.342. The number of rotatable bonds is 1. The maximum absolute atomic E-state index is 12.0. The van der Waals surface area contributed by atoms with Crippen LogP contribution in [0.4, 0.5) is 0 Å². The van der Waals surface area contributed by atoms with Crippen LogP contribution in [0.2, 0.25) is 0 Å². The third kappa shape index (κ3) is 1.45. The Morgan fingerprint density at radius 3 is 2.85 bits per heavy atom. The van der Waals surface area contributed by atoms with Gasteiger partial charge in [0.2, 0.25) is 5.96 Å². The van der Waals surface area contributed by atoms with Gasteiger partial charge in [0, 0.05) is 11.6 Å². The van der Waals surface area contributed by atoms with Crippen molar-refractivity contribution in [2.75, 3.05) is 0 Å². The van der Waals surface area contributed by atoms with Crippen molar-refractivity contribution >= 4 is 40.5 Å². The number of aliphatic imine (C=N–C) groups is 3. The first-order chi connectivity index (χ1) is 9.72. The molecule has 0 aliphatic carbocycles. The van der Waals surface area contributed by atoms with Crippen LogP contribution in [0.25, 0.3) is 16.5 Å². The number of hydrogen-bond donors (Lipinski definition) is 1. The molecule has 1 aromatic heterocycles. The first-order valence-electron chi connectivity index (χ1n) is 5.97. The third-order valence-corrected chi connectivity index (χ3v) is 3.15. The second kappa shape index (κ2) is 3.74. The minimum atomic E-state index is -0.444. The molecule has 6 nitrogen and oxygen atoms in total. The van der Waals surface area contributed by atoms with Gasteiger partial charge in [-0.05, 0) is 12.1 Å². The molecule has 20 heavy (non-hydrogen) atoms. The van der Waals surface area contributed by atoms with E-state index >= 15 is 0 Å². The average Bonchev–Trinajstić information content (AvgIpc) is 3.00. The first-order valence-corrected chi connectivity index (χ1v) is 5.97. The number of benzene rings is 1. The Labute approximate surface area is 113 Å². The van der Waals surface area contributed by atoms with Crippen molar-refractivity contribution in [3.63, 3.8) is 0 Å². The molecule has 0 unspecified atom stereocenters. The third-order valence-electron chi connectivity index (χ3n) is 3.15. The summed E-state index contributed by atoms with van der Waals surface area (Å²) in [6, 6.07) is 9.48. The summed E-state index contributed by atoms with van der Waals surface area (Å²) < 4.78 is 5.74. The Kier molecular flexibility index (Phi) is 2.03. The molecule has 0 radical (unpaired) electrons. The largest absolute Gasteiger partial charge is 0.456 e. The Hall–Kier alpha value is -3.02. The van der Waals surface area contributed by atoms with Crippen molar-refractivity contribution in [1.29, 1.82) is 0 Å². The molecule has 1 amide bonds.